The number of nitrogens with zero attached hydrogens (tertiary/aromatic N) is 1. The highest BCUT2D eigenvalue weighted by Gasteiger charge is 2.38. The zero-order valence-corrected chi connectivity index (χ0v) is 19.1. The van der Waals surface area contributed by atoms with Crippen molar-refractivity contribution in [1.82, 2.24) is 5.32 Å². The number of hydrogen-bond acceptors (Lipinski definition) is 7. The number of halogens is 1. The van der Waals surface area contributed by atoms with Crippen LogP contribution >= 0.6 is 0 Å². The van der Waals surface area contributed by atoms with Crippen LogP contribution in [0.15, 0.2) is 72.3 Å². The Kier molecular flexibility index (Phi) is 6.77. The molecule has 0 atom stereocenters. The number of barbiturate groups is 1. The van der Waals surface area contributed by atoms with Gasteiger partial charge in [0.2, 0.25) is 0 Å². The van der Waals surface area contributed by atoms with Crippen molar-refractivity contribution in [2.75, 3.05) is 19.1 Å². The molecule has 0 saturated carbocycles. The molecular formula is C26H19FN2O7. The first-order valence-corrected chi connectivity index (χ1v) is 10.5. The van der Waals surface area contributed by atoms with Gasteiger partial charge in [-0.15, -0.1) is 0 Å². The number of carbonyl (C=O) groups is 4. The molecule has 1 N–H and O–H groups in total. The number of hydrogen-bond donors (Lipinski definition) is 1. The van der Waals surface area contributed by atoms with Gasteiger partial charge in [-0.25, -0.2) is 18.9 Å². The Labute approximate surface area is 204 Å². The fourth-order valence-electron chi connectivity index (χ4n) is 3.42. The second-order valence-corrected chi connectivity index (χ2v) is 7.44. The maximum absolute atomic E-state index is 14.2. The number of rotatable bonds is 6. The molecule has 10 heteroatoms. The van der Waals surface area contributed by atoms with E-state index < -0.39 is 35.2 Å². The average molecular weight is 490 g/mol. The van der Waals surface area contributed by atoms with Crippen LogP contribution in [0.1, 0.15) is 15.9 Å². The van der Waals surface area contributed by atoms with Crippen molar-refractivity contribution in [1.29, 1.82) is 0 Å². The highest BCUT2D eigenvalue weighted by atomic mass is 19.1. The highest BCUT2D eigenvalue weighted by Crippen LogP contribution is 2.31. The van der Waals surface area contributed by atoms with Crippen LogP contribution in [0, 0.1) is 5.82 Å². The third kappa shape index (κ3) is 4.78. The smallest absolute Gasteiger partial charge is 0.343 e. The third-order valence-corrected chi connectivity index (χ3v) is 5.22. The van der Waals surface area contributed by atoms with E-state index in [0.717, 1.165) is 6.07 Å². The van der Waals surface area contributed by atoms with E-state index in [-0.39, 0.29) is 22.7 Å². The van der Waals surface area contributed by atoms with E-state index in [1.165, 1.54) is 56.7 Å². The molecule has 0 aliphatic carbocycles. The lowest BCUT2D eigenvalue weighted by atomic mass is 10.1. The molecule has 1 aliphatic rings. The Morgan fingerprint density at radius 1 is 0.917 bits per heavy atom. The van der Waals surface area contributed by atoms with Gasteiger partial charge in [0.1, 0.15) is 17.1 Å². The normalized spacial score (nSPS) is 14.5. The number of amides is 4. The third-order valence-electron chi connectivity index (χ3n) is 5.22. The molecule has 3 aromatic carbocycles. The number of para-hydroxylation sites is 1. The molecular weight excluding hydrogens is 471 g/mol. The van der Waals surface area contributed by atoms with E-state index in [4.69, 9.17) is 14.2 Å². The number of ether oxygens (including phenoxy) is 3. The van der Waals surface area contributed by atoms with Crippen LogP contribution < -0.4 is 24.4 Å². The lowest BCUT2D eigenvalue weighted by molar-refractivity contribution is -0.122. The SMILES string of the molecule is COc1ccc(C(=O)Oc2ccc(/C=C3\C(=O)NC(=O)N(c4ccccc4F)C3=O)cc2OC)cc1. The molecule has 0 unspecified atom stereocenters. The standard InChI is InChI=1S/C26H19FN2O7/c1-34-17-10-8-16(9-11-17)25(32)36-21-12-7-15(14-22(21)35-2)13-18-23(30)28-26(33)29(24(18)31)20-6-4-3-5-19(20)27/h3-14H,1-2H3,(H,28,30,33)/b18-13+. The molecule has 36 heavy (non-hydrogen) atoms. The highest BCUT2D eigenvalue weighted by molar-refractivity contribution is 6.39. The zero-order chi connectivity index (χ0) is 25.8. The summed E-state index contributed by atoms with van der Waals surface area (Å²) in [5.41, 5.74) is -0.0801. The molecule has 0 spiro atoms. The van der Waals surface area contributed by atoms with Gasteiger partial charge < -0.3 is 14.2 Å². The maximum atomic E-state index is 14.2. The molecule has 3 aromatic rings. The van der Waals surface area contributed by atoms with Crippen LogP contribution in [-0.4, -0.2) is 38.0 Å². The molecule has 182 valence electrons. The van der Waals surface area contributed by atoms with Crippen molar-refractivity contribution in [3.63, 3.8) is 0 Å². The fraction of sp³-hybridized carbons (Fsp3) is 0.0769. The van der Waals surface area contributed by atoms with E-state index >= 15 is 0 Å². The summed E-state index contributed by atoms with van der Waals surface area (Å²) in [4.78, 5) is 50.7. The minimum Gasteiger partial charge on any atom is -0.497 e. The Bertz CT molecular complexity index is 1400. The molecule has 9 nitrogen and oxygen atoms in total. The Balaban J connectivity index is 1.61. The van der Waals surface area contributed by atoms with E-state index in [1.807, 2.05) is 5.32 Å². The predicted molar refractivity (Wildman–Crippen MR) is 126 cm³/mol. The van der Waals surface area contributed by atoms with E-state index in [1.54, 1.807) is 24.3 Å². The Morgan fingerprint density at radius 3 is 2.31 bits per heavy atom. The monoisotopic (exact) mass is 490 g/mol. The molecule has 1 saturated heterocycles. The van der Waals surface area contributed by atoms with Crippen molar-refractivity contribution >= 4 is 35.6 Å². The van der Waals surface area contributed by atoms with Crippen LogP contribution in [0.3, 0.4) is 0 Å². The molecule has 1 heterocycles. The van der Waals surface area contributed by atoms with Gasteiger partial charge in [0, 0.05) is 0 Å². The second-order valence-electron chi connectivity index (χ2n) is 7.44. The van der Waals surface area contributed by atoms with Gasteiger partial charge in [-0.2, -0.15) is 0 Å². The largest absolute Gasteiger partial charge is 0.497 e. The van der Waals surface area contributed by atoms with Gasteiger partial charge in [0.15, 0.2) is 11.5 Å². The molecule has 1 aliphatic heterocycles. The van der Waals surface area contributed by atoms with Gasteiger partial charge in [-0.05, 0) is 60.2 Å². The first-order valence-electron chi connectivity index (χ1n) is 10.5. The summed E-state index contributed by atoms with van der Waals surface area (Å²) in [6.07, 6.45) is 1.22. The predicted octanol–water partition coefficient (Wildman–Crippen LogP) is 3.73. The average Bonchev–Trinajstić information content (AvgIpc) is 2.88. The van der Waals surface area contributed by atoms with E-state index in [9.17, 15) is 23.6 Å². The lowest BCUT2D eigenvalue weighted by Crippen LogP contribution is -2.54. The summed E-state index contributed by atoms with van der Waals surface area (Å²) < 4.78 is 30.0. The minimum absolute atomic E-state index is 0.100. The van der Waals surface area contributed by atoms with Crippen LogP contribution in [-0.2, 0) is 9.59 Å². The fourth-order valence-corrected chi connectivity index (χ4v) is 3.42. The second kappa shape index (κ2) is 10.1. The van der Waals surface area contributed by atoms with Gasteiger partial charge >= 0.3 is 12.0 Å². The summed E-state index contributed by atoms with van der Waals surface area (Å²) >= 11 is 0. The maximum Gasteiger partial charge on any atom is 0.343 e. The number of esters is 1. The Morgan fingerprint density at radius 2 is 1.64 bits per heavy atom. The number of benzene rings is 3. The molecule has 1 fully saturated rings. The van der Waals surface area contributed by atoms with Crippen LogP contribution in [0.4, 0.5) is 14.9 Å². The molecule has 0 radical (unpaired) electrons. The van der Waals surface area contributed by atoms with Crippen molar-refractivity contribution in [2.24, 2.45) is 0 Å². The lowest BCUT2D eigenvalue weighted by Gasteiger charge is -2.26. The van der Waals surface area contributed by atoms with Crippen LogP contribution in [0.5, 0.6) is 17.2 Å². The topological polar surface area (TPSA) is 111 Å². The van der Waals surface area contributed by atoms with Gasteiger partial charge in [-0.1, -0.05) is 18.2 Å². The number of imide groups is 2. The molecule has 0 bridgehead atoms. The number of methoxy groups -OCH3 is 2. The first-order chi connectivity index (χ1) is 17.3. The molecule has 4 amide bonds. The van der Waals surface area contributed by atoms with E-state index in [0.29, 0.717) is 16.2 Å². The number of nitrogens with one attached hydrogen (secondary N) is 1. The number of carbonyl (C=O) groups excluding carboxylic acids is 4. The summed E-state index contributed by atoms with van der Waals surface area (Å²) in [5, 5.41) is 2.03. The molecule has 4 rings (SSSR count). The summed E-state index contributed by atoms with van der Waals surface area (Å²) in [5.74, 6) is -2.55. The Hall–Kier alpha value is -4.99. The van der Waals surface area contributed by atoms with Crippen LogP contribution in [0.2, 0.25) is 0 Å². The van der Waals surface area contributed by atoms with Crippen molar-refractivity contribution in [3.05, 3.63) is 89.2 Å². The quantitative estimate of drug-likeness (QED) is 0.243. The van der Waals surface area contributed by atoms with Gasteiger partial charge in [0.25, 0.3) is 11.8 Å². The van der Waals surface area contributed by atoms with E-state index in [2.05, 4.69) is 0 Å². The summed E-state index contributed by atoms with van der Waals surface area (Å²) in [7, 11) is 2.86. The van der Waals surface area contributed by atoms with Crippen LogP contribution in [0.25, 0.3) is 6.08 Å². The first kappa shape index (κ1) is 24.1. The number of anilines is 1. The van der Waals surface area contributed by atoms with Crippen molar-refractivity contribution in [2.45, 2.75) is 0 Å². The van der Waals surface area contributed by atoms with Crippen molar-refractivity contribution in [3.8, 4) is 17.2 Å². The van der Waals surface area contributed by atoms with Crippen molar-refractivity contribution < 1.29 is 37.8 Å². The summed E-state index contributed by atoms with van der Waals surface area (Å²) in [6.45, 7) is 0. The summed E-state index contributed by atoms with van der Waals surface area (Å²) in [6, 6.07) is 14.8. The minimum atomic E-state index is -1.06. The number of urea groups is 1. The van der Waals surface area contributed by atoms with Gasteiger partial charge in [0.05, 0.1) is 25.5 Å². The molecule has 0 aromatic heterocycles. The zero-order valence-electron chi connectivity index (χ0n) is 19.1. The van der Waals surface area contributed by atoms with Gasteiger partial charge in [-0.3, -0.25) is 14.9 Å².